The van der Waals surface area contributed by atoms with Crippen LogP contribution in [0.25, 0.3) is 0 Å². The van der Waals surface area contributed by atoms with Gasteiger partial charge in [-0.2, -0.15) is 0 Å². The Labute approximate surface area is 155 Å². The summed E-state index contributed by atoms with van der Waals surface area (Å²) in [5, 5.41) is 27.9. The van der Waals surface area contributed by atoms with Gasteiger partial charge >= 0.3 is 5.97 Å². The SMILES string of the molecule is CC(O)C(NC(=O)C(CC(N)=O)NC(=O)C1CCCN1)C(=O)NCC(=O)O. The van der Waals surface area contributed by atoms with Crippen molar-refractivity contribution in [2.24, 2.45) is 5.73 Å². The molecule has 1 fully saturated rings. The van der Waals surface area contributed by atoms with Gasteiger partial charge in [0.05, 0.1) is 18.6 Å². The van der Waals surface area contributed by atoms with Crippen molar-refractivity contribution in [2.75, 3.05) is 13.1 Å². The highest BCUT2D eigenvalue weighted by atomic mass is 16.4. The molecule has 27 heavy (non-hydrogen) atoms. The Bertz CT molecular complexity index is 589. The van der Waals surface area contributed by atoms with Gasteiger partial charge in [-0.25, -0.2) is 0 Å². The molecule has 1 saturated heterocycles. The lowest BCUT2D eigenvalue weighted by atomic mass is 10.1. The second-order valence-corrected chi connectivity index (χ2v) is 6.22. The molecule has 152 valence electrons. The number of carbonyl (C=O) groups is 5. The van der Waals surface area contributed by atoms with Crippen LogP contribution in [0.5, 0.6) is 0 Å². The maximum absolute atomic E-state index is 12.4. The molecule has 0 aromatic carbocycles. The molecule has 1 aliphatic rings. The summed E-state index contributed by atoms with van der Waals surface area (Å²) >= 11 is 0. The van der Waals surface area contributed by atoms with Crippen LogP contribution in [0.2, 0.25) is 0 Å². The maximum atomic E-state index is 12.4. The number of rotatable bonds is 10. The van der Waals surface area contributed by atoms with E-state index in [2.05, 4.69) is 16.0 Å². The van der Waals surface area contributed by atoms with Gasteiger partial charge in [0.15, 0.2) is 0 Å². The molecule has 4 atom stereocenters. The fourth-order valence-electron chi connectivity index (χ4n) is 2.52. The van der Waals surface area contributed by atoms with Crippen LogP contribution in [-0.2, 0) is 24.0 Å². The molecular weight excluding hydrogens is 362 g/mol. The van der Waals surface area contributed by atoms with Crippen molar-refractivity contribution in [3.05, 3.63) is 0 Å². The number of nitrogens with two attached hydrogens (primary N) is 1. The number of aliphatic hydroxyl groups is 1. The smallest absolute Gasteiger partial charge is 0.322 e. The average Bonchev–Trinajstić information content (AvgIpc) is 3.10. The molecule has 8 N–H and O–H groups in total. The van der Waals surface area contributed by atoms with Crippen LogP contribution in [0.1, 0.15) is 26.2 Å². The average molecular weight is 387 g/mol. The van der Waals surface area contributed by atoms with Gasteiger partial charge in [-0.3, -0.25) is 24.0 Å². The Hall–Kier alpha value is -2.73. The van der Waals surface area contributed by atoms with Gasteiger partial charge < -0.3 is 37.2 Å². The first-order valence-electron chi connectivity index (χ1n) is 8.41. The zero-order chi connectivity index (χ0) is 20.6. The van der Waals surface area contributed by atoms with Crippen molar-refractivity contribution in [3.8, 4) is 0 Å². The minimum atomic E-state index is -1.48. The van der Waals surface area contributed by atoms with Gasteiger partial charge in [0.1, 0.15) is 18.6 Å². The minimum absolute atomic E-state index is 0.488. The number of amides is 4. The molecule has 4 unspecified atom stereocenters. The zero-order valence-corrected chi connectivity index (χ0v) is 14.9. The molecule has 1 aliphatic heterocycles. The highest BCUT2D eigenvalue weighted by Crippen LogP contribution is 2.06. The van der Waals surface area contributed by atoms with Crippen molar-refractivity contribution < 1.29 is 34.2 Å². The normalized spacial score (nSPS) is 19.4. The van der Waals surface area contributed by atoms with Gasteiger partial charge in [-0.05, 0) is 26.3 Å². The largest absolute Gasteiger partial charge is 0.480 e. The van der Waals surface area contributed by atoms with Crippen LogP contribution in [0, 0.1) is 0 Å². The molecule has 0 bridgehead atoms. The van der Waals surface area contributed by atoms with Crippen LogP contribution in [0.4, 0.5) is 0 Å². The lowest BCUT2D eigenvalue weighted by Crippen LogP contribution is -2.59. The standard InChI is InChI=1S/C15H25N5O7/c1-7(21)12(15(27)18-6-11(23)24)20-14(26)9(5-10(16)22)19-13(25)8-3-2-4-17-8/h7-9,12,17,21H,2-6H2,1H3,(H2,16,22)(H,18,27)(H,19,25)(H,20,26)(H,23,24). The van der Waals surface area contributed by atoms with Crippen molar-refractivity contribution in [2.45, 2.75) is 50.4 Å². The van der Waals surface area contributed by atoms with Crippen LogP contribution >= 0.6 is 0 Å². The number of hydrogen-bond donors (Lipinski definition) is 7. The molecule has 12 heteroatoms. The third-order valence-corrected chi connectivity index (χ3v) is 3.89. The highest BCUT2D eigenvalue weighted by Gasteiger charge is 2.32. The van der Waals surface area contributed by atoms with Gasteiger partial charge in [0, 0.05) is 0 Å². The number of carboxylic acids is 1. The summed E-state index contributed by atoms with van der Waals surface area (Å²) in [4.78, 5) is 58.3. The molecule has 0 aromatic rings. The number of carboxylic acid groups (broad SMARTS) is 1. The number of aliphatic carboxylic acids is 1. The summed E-state index contributed by atoms with van der Waals surface area (Å²) < 4.78 is 0. The van der Waals surface area contributed by atoms with E-state index in [0.29, 0.717) is 13.0 Å². The topological polar surface area (TPSA) is 200 Å². The first-order chi connectivity index (χ1) is 12.6. The lowest BCUT2D eigenvalue weighted by Gasteiger charge is -2.24. The second-order valence-electron chi connectivity index (χ2n) is 6.22. The van der Waals surface area contributed by atoms with Crippen LogP contribution in [-0.4, -0.2) is 77.1 Å². The third-order valence-electron chi connectivity index (χ3n) is 3.89. The molecular formula is C15H25N5O7. The zero-order valence-electron chi connectivity index (χ0n) is 14.9. The number of carbonyl (C=O) groups excluding carboxylic acids is 4. The van der Waals surface area contributed by atoms with Crippen molar-refractivity contribution in [1.29, 1.82) is 0 Å². The summed E-state index contributed by atoms with van der Waals surface area (Å²) in [6.45, 7) is 1.17. The van der Waals surface area contributed by atoms with Crippen LogP contribution < -0.4 is 27.0 Å². The molecule has 0 aromatic heterocycles. The Balaban J connectivity index is 2.78. The number of hydrogen-bond acceptors (Lipinski definition) is 7. The monoisotopic (exact) mass is 387 g/mol. The summed E-state index contributed by atoms with van der Waals surface area (Å²) in [5.74, 6) is -4.47. The Morgan fingerprint density at radius 3 is 2.33 bits per heavy atom. The molecule has 0 saturated carbocycles. The first-order valence-corrected chi connectivity index (χ1v) is 8.41. The van der Waals surface area contributed by atoms with E-state index in [1.165, 1.54) is 6.92 Å². The van der Waals surface area contributed by atoms with Crippen molar-refractivity contribution in [3.63, 3.8) is 0 Å². The molecule has 0 spiro atoms. The van der Waals surface area contributed by atoms with Gasteiger partial charge in [-0.1, -0.05) is 0 Å². The van der Waals surface area contributed by atoms with Gasteiger partial charge in [0.25, 0.3) is 0 Å². The van der Waals surface area contributed by atoms with E-state index in [4.69, 9.17) is 10.8 Å². The molecule has 4 amide bonds. The first kappa shape index (κ1) is 22.3. The summed E-state index contributed by atoms with van der Waals surface area (Å²) in [6.07, 6.45) is -0.499. The summed E-state index contributed by atoms with van der Waals surface area (Å²) in [6, 6.07) is -3.32. The summed E-state index contributed by atoms with van der Waals surface area (Å²) in [7, 11) is 0. The number of primary amides is 1. The molecule has 1 rings (SSSR count). The fourth-order valence-corrected chi connectivity index (χ4v) is 2.52. The Kier molecular flexibility index (Phi) is 8.62. The minimum Gasteiger partial charge on any atom is -0.480 e. The van der Waals surface area contributed by atoms with E-state index in [1.807, 2.05) is 5.32 Å². The number of aliphatic hydroxyl groups excluding tert-OH is 1. The van der Waals surface area contributed by atoms with E-state index >= 15 is 0 Å². The van der Waals surface area contributed by atoms with Crippen molar-refractivity contribution >= 4 is 29.6 Å². The molecule has 12 nitrogen and oxygen atoms in total. The van der Waals surface area contributed by atoms with E-state index in [0.717, 1.165) is 6.42 Å². The molecule has 0 aliphatic carbocycles. The summed E-state index contributed by atoms with van der Waals surface area (Å²) in [5.41, 5.74) is 5.11. The highest BCUT2D eigenvalue weighted by molar-refractivity contribution is 5.96. The van der Waals surface area contributed by atoms with Gasteiger partial charge in [-0.15, -0.1) is 0 Å². The Morgan fingerprint density at radius 1 is 1.19 bits per heavy atom. The quantitative estimate of drug-likeness (QED) is 0.197. The van der Waals surface area contributed by atoms with E-state index in [1.54, 1.807) is 0 Å². The fraction of sp³-hybridized carbons (Fsp3) is 0.667. The van der Waals surface area contributed by atoms with Crippen LogP contribution in [0.15, 0.2) is 0 Å². The third kappa shape index (κ3) is 7.58. The van der Waals surface area contributed by atoms with Crippen LogP contribution in [0.3, 0.4) is 0 Å². The van der Waals surface area contributed by atoms with E-state index < -0.39 is 66.8 Å². The van der Waals surface area contributed by atoms with E-state index in [9.17, 15) is 29.1 Å². The Morgan fingerprint density at radius 2 is 1.85 bits per heavy atom. The second kappa shape index (κ2) is 10.4. The van der Waals surface area contributed by atoms with E-state index in [-0.39, 0.29) is 0 Å². The molecule has 0 radical (unpaired) electrons. The molecule has 1 heterocycles. The number of nitrogens with one attached hydrogen (secondary N) is 4. The maximum Gasteiger partial charge on any atom is 0.322 e. The van der Waals surface area contributed by atoms with Crippen molar-refractivity contribution in [1.82, 2.24) is 21.3 Å². The predicted octanol–water partition coefficient (Wildman–Crippen LogP) is -3.83. The van der Waals surface area contributed by atoms with Gasteiger partial charge in [0.2, 0.25) is 23.6 Å². The predicted molar refractivity (Wildman–Crippen MR) is 91.0 cm³/mol. The lowest BCUT2D eigenvalue weighted by molar-refractivity contribution is -0.139.